The van der Waals surface area contributed by atoms with Gasteiger partial charge in [-0.25, -0.2) is 17.2 Å². The quantitative estimate of drug-likeness (QED) is 0.790. The number of hydrogen-bond donors (Lipinski definition) is 0. The van der Waals surface area contributed by atoms with Crippen molar-refractivity contribution in [3.8, 4) is 0 Å². The van der Waals surface area contributed by atoms with E-state index in [2.05, 4.69) is 4.74 Å². The van der Waals surface area contributed by atoms with E-state index >= 15 is 0 Å². The number of halogens is 2. The summed E-state index contributed by atoms with van der Waals surface area (Å²) < 4.78 is 56.9. The summed E-state index contributed by atoms with van der Waals surface area (Å²) in [4.78, 5) is 10.8. The van der Waals surface area contributed by atoms with Crippen molar-refractivity contribution in [1.29, 1.82) is 0 Å². The molecular weight excluding hydrogens is 292 g/mol. The Morgan fingerprint density at radius 3 is 2.75 bits per heavy atom. The smallest absolute Gasteiger partial charge is 0.324 e. The molecule has 1 heterocycles. The molecule has 1 atom stereocenters. The lowest BCUT2D eigenvalue weighted by Crippen LogP contribution is -2.41. The van der Waals surface area contributed by atoms with Crippen LogP contribution in [-0.2, 0) is 19.6 Å². The minimum atomic E-state index is -4.28. The van der Waals surface area contributed by atoms with E-state index in [4.69, 9.17) is 0 Å². The first-order chi connectivity index (χ1) is 9.37. The molecule has 0 saturated carbocycles. The minimum absolute atomic E-state index is 0.0675. The van der Waals surface area contributed by atoms with Gasteiger partial charge in [-0.3, -0.25) is 4.79 Å². The molecule has 0 aliphatic carbocycles. The maximum absolute atomic E-state index is 13.6. The number of carbonyl (C=O) groups excluding carboxylic acids is 1. The zero-order valence-corrected chi connectivity index (χ0v) is 11.5. The summed E-state index contributed by atoms with van der Waals surface area (Å²) in [5.41, 5.74) is 0. The molecule has 1 fully saturated rings. The molecule has 0 spiro atoms. The van der Waals surface area contributed by atoms with Crippen LogP contribution in [0.2, 0.25) is 0 Å². The topological polar surface area (TPSA) is 63.7 Å². The fourth-order valence-electron chi connectivity index (χ4n) is 2.20. The van der Waals surface area contributed by atoms with Gasteiger partial charge in [-0.1, -0.05) is 0 Å². The van der Waals surface area contributed by atoms with Crippen LogP contribution < -0.4 is 0 Å². The Morgan fingerprint density at radius 1 is 1.40 bits per heavy atom. The van der Waals surface area contributed by atoms with Gasteiger partial charge in [0.1, 0.15) is 22.6 Å². The van der Waals surface area contributed by atoms with Crippen LogP contribution in [0, 0.1) is 11.6 Å². The molecule has 1 aromatic rings. The normalized spacial score (nSPS) is 20.1. The molecule has 8 heteroatoms. The first-order valence-corrected chi connectivity index (χ1v) is 7.36. The van der Waals surface area contributed by atoms with Crippen LogP contribution >= 0.6 is 0 Å². The van der Waals surface area contributed by atoms with Crippen LogP contribution in [0.3, 0.4) is 0 Å². The predicted molar refractivity (Wildman–Crippen MR) is 65.3 cm³/mol. The van der Waals surface area contributed by atoms with Crippen molar-refractivity contribution < 1.29 is 26.7 Å². The summed E-state index contributed by atoms with van der Waals surface area (Å²) in [6, 6.07) is 1.19. The summed E-state index contributed by atoms with van der Waals surface area (Å²) in [6.07, 6.45) is 0.749. The number of esters is 1. The van der Waals surface area contributed by atoms with Crippen molar-refractivity contribution in [2.75, 3.05) is 13.7 Å². The second-order valence-electron chi connectivity index (χ2n) is 4.37. The SMILES string of the molecule is COC(=O)C1CCCN1S(=O)(=O)c1cc(F)ccc1F. The minimum Gasteiger partial charge on any atom is -0.468 e. The van der Waals surface area contributed by atoms with E-state index < -0.39 is 38.6 Å². The number of nitrogens with zero attached hydrogens (tertiary/aromatic N) is 1. The number of ether oxygens (including phenoxy) is 1. The van der Waals surface area contributed by atoms with E-state index in [1.54, 1.807) is 0 Å². The molecule has 0 aromatic heterocycles. The van der Waals surface area contributed by atoms with Crippen molar-refractivity contribution in [2.45, 2.75) is 23.8 Å². The first-order valence-electron chi connectivity index (χ1n) is 5.92. The van der Waals surface area contributed by atoms with Crippen LogP contribution in [0.5, 0.6) is 0 Å². The highest BCUT2D eigenvalue weighted by atomic mass is 32.2. The predicted octanol–water partition coefficient (Wildman–Crippen LogP) is 1.29. The zero-order chi connectivity index (χ0) is 14.9. The van der Waals surface area contributed by atoms with Crippen molar-refractivity contribution in [3.05, 3.63) is 29.8 Å². The summed E-state index contributed by atoms with van der Waals surface area (Å²) in [6.45, 7) is 0.0675. The van der Waals surface area contributed by atoms with Crippen LogP contribution in [0.25, 0.3) is 0 Å². The van der Waals surface area contributed by atoms with Crippen molar-refractivity contribution in [3.63, 3.8) is 0 Å². The maximum Gasteiger partial charge on any atom is 0.324 e. The molecule has 1 aromatic carbocycles. The molecule has 0 amide bonds. The van der Waals surface area contributed by atoms with Crippen LogP contribution in [0.15, 0.2) is 23.1 Å². The standard InChI is InChI=1S/C12H13F2NO4S/c1-19-12(16)10-3-2-6-15(10)20(17,18)11-7-8(13)4-5-9(11)14/h4-5,7,10H,2-3,6H2,1H3. The fraction of sp³-hybridized carbons (Fsp3) is 0.417. The zero-order valence-electron chi connectivity index (χ0n) is 10.7. The molecule has 0 N–H and O–H groups in total. The Kier molecular flexibility index (Phi) is 4.05. The molecule has 1 saturated heterocycles. The van der Waals surface area contributed by atoms with Gasteiger partial charge in [0.2, 0.25) is 10.0 Å². The van der Waals surface area contributed by atoms with Crippen LogP contribution in [0.4, 0.5) is 8.78 Å². The lowest BCUT2D eigenvalue weighted by atomic mass is 10.2. The molecule has 0 bridgehead atoms. The van der Waals surface area contributed by atoms with Gasteiger partial charge in [0.15, 0.2) is 0 Å². The first kappa shape index (κ1) is 14.9. The van der Waals surface area contributed by atoms with E-state index in [9.17, 15) is 22.0 Å². The Bertz CT molecular complexity index is 632. The molecule has 5 nitrogen and oxygen atoms in total. The van der Waals surface area contributed by atoms with Gasteiger partial charge in [0.25, 0.3) is 0 Å². The van der Waals surface area contributed by atoms with Gasteiger partial charge in [-0.15, -0.1) is 0 Å². The van der Waals surface area contributed by atoms with Gasteiger partial charge in [0, 0.05) is 6.54 Å². The third-order valence-electron chi connectivity index (χ3n) is 3.16. The molecule has 1 unspecified atom stereocenters. The monoisotopic (exact) mass is 305 g/mol. The third-order valence-corrected chi connectivity index (χ3v) is 5.08. The van der Waals surface area contributed by atoms with Crippen LogP contribution in [-0.4, -0.2) is 38.4 Å². The lowest BCUT2D eigenvalue weighted by molar-refractivity contribution is -0.144. The second kappa shape index (κ2) is 5.45. The molecular formula is C12H13F2NO4S. The van der Waals surface area contributed by atoms with Crippen molar-refractivity contribution in [2.24, 2.45) is 0 Å². The average molecular weight is 305 g/mol. The number of rotatable bonds is 3. The lowest BCUT2D eigenvalue weighted by Gasteiger charge is -2.22. The van der Waals surface area contributed by atoms with Gasteiger partial charge in [0.05, 0.1) is 7.11 Å². The molecule has 110 valence electrons. The summed E-state index contributed by atoms with van der Waals surface area (Å²) >= 11 is 0. The fourth-order valence-corrected chi connectivity index (χ4v) is 3.93. The van der Waals surface area contributed by atoms with Gasteiger partial charge in [-0.05, 0) is 31.0 Å². The molecule has 20 heavy (non-hydrogen) atoms. The molecule has 0 radical (unpaired) electrons. The van der Waals surface area contributed by atoms with Gasteiger partial charge in [-0.2, -0.15) is 4.31 Å². The Morgan fingerprint density at radius 2 is 2.10 bits per heavy atom. The highest BCUT2D eigenvalue weighted by molar-refractivity contribution is 7.89. The van der Waals surface area contributed by atoms with E-state index in [-0.39, 0.29) is 6.54 Å². The maximum atomic E-state index is 13.6. The van der Waals surface area contributed by atoms with Gasteiger partial charge >= 0.3 is 5.97 Å². The highest BCUT2D eigenvalue weighted by Gasteiger charge is 2.41. The second-order valence-corrected chi connectivity index (χ2v) is 6.23. The number of hydrogen-bond acceptors (Lipinski definition) is 4. The highest BCUT2D eigenvalue weighted by Crippen LogP contribution is 2.28. The number of carbonyl (C=O) groups is 1. The Labute approximate surface area is 115 Å². The number of benzene rings is 1. The molecule has 2 rings (SSSR count). The Balaban J connectivity index is 2.44. The number of sulfonamides is 1. The van der Waals surface area contributed by atoms with Crippen molar-refractivity contribution in [1.82, 2.24) is 4.31 Å². The molecule has 1 aliphatic rings. The third kappa shape index (κ3) is 2.53. The van der Waals surface area contributed by atoms with Gasteiger partial charge < -0.3 is 4.74 Å². The van der Waals surface area contributed by atoms with E-state index in [1.165, 1.54) is 0 Å². The summed E-state index contributed by atoms with van der Waals surface area (Å²) in [7, 11) is -3.13. The number of methoxy groups -OCH3 is 1. The van der Waals surface area contributed by atoms with E-state index in [1.807, 2.05) is 0 Å². The summed E-state index contributed by atoms with van der Waals surface area (Å²) in [5, 5.41) is 0. The van der Waals surface area contributed by atoms with E-state index in [0.29, 0.717) is 18.9 Å². The molecule has 1 aliphatic heterocycles. The summed E-state index contributed by atoms with van der Waals surface area (Å²) in [5.74, 6) is -2.62. The van der Waals surface area contributed by atoms with Crippen molar-refractivity contribution >= 4 is 16.0 Å². The largest absolute Gasteiger partial charge is 0.468 e. The van der Waals surface area contributed by atoms with E-state index in [0.717, 1.165) is 23.5 Å². The van der Waals surface area contributed by atoms with Crippen LogP contribution in [0.1, 0.15) is 12.8 Å². The average Bonchev–Trinajstić information content (AvgIpc) is 2.90. The Hall–Kier alpha value is -1.54.